The van der Waals surface area contributed by atoms with Crippen molar-refractivity contribution in [2.24, 2.45) is 0 Å². The molecule has 1 heterocycles. The minimum absolute atomic E-state index is 0.197. The topological polar surface area (TPSA) is 17.8 Å². The normalized spacial score (nSPS) is 13.0. The summed E-state index contributed by atoms with van der Waals surface area (Å²) in [5, 5.41) is -0.342. The predicted octanol–water partition coefficient (Wildman–Crippen LogP) is 5.15. The first-order chi connectivity index (χ1) is 10.0. The number of fused-ring (bicyclic) bond motifs is 1. The Hall–Kier alpha value is -0.810. The quantitative estimate of drug-likeness (QED) is 0.515. The molecule has 116 valence electrons. The second kappa shape index (κ2) is 7.45. The van der Waals surface area contributed by atoms with Gasteiger partial charge in [-0.1, -0.05) is 6.42 Å². The zero-order valence-corrected chi connectivity index (χ0v) is 13.8. The van der Waals surface area contributed by atoms with E-state index < -0.39 is 11.6 Å². The number of aryl methyl sites for hydroxylation is 1. The van der Waals surface area contributed by atoms with E-state index in [1.807, 2.05) is 16.3 Å². The van der Waals surface area contributed by atoms with E-state index in [0.717, 1.165) is 31.1 Å². The largest absolute Gasteiger partial charge is 0.327 e. The molecule has 6 heteroatoms. The molecule has 2 aromatic rings. The molecule has 0 radical (unpaired) electrons. The summed E-state index contributed by atoms with van der Waals surface area (Å²) in [6.07, 6.45) is 5.25. The number of alkyl halides is 1. The van der Waals surface area contributed by atoms with Gasteiger partial charge in [-0.05, 0) is 37.8 Å². The van der Waals surface area contributed by atoms with E-state index in [2.05, 4.69) is 11.2 Å². The Bertz CT molecular complexity index is 613. The van der Waals surface area contributed by atoms with Crippen LogP contribution in [0, 0.1) is 11.6 Å². The van der Waals surface area contributed by atoms with E-state index >= 15 is 0 Å². The lowest BCUT2D eigenvalue weighted by Crippen LogP contribution is -2.05. The molecule has 2 nitrogen and oxygen atoms in total. The average Bonchev–Trinajstić information content (AvgIpc) is 2.78. The number of imidazole rings is 1. The predicted molar refractivity (Wildman–Crippen MR) is 86.2 cm³/mol. The molecule has 0 aliphatic heterocycles. The Kier molecular flexibility index (Phi) is 5.88. The van der Waals surface area contributed by atoms with Crippen LogP contribution in [0.5, 0.6) is 0 Å². The van der Waals surface area contributed by atoms with Crippen LogP contribution < -0.4 is 0 Å². The summed E-state index contributed by atoms with van der Waals surface area (Å²) in [6, 6.07) is 2.19. The van der Waals surface area contributed by atoms with Crippen LogP contribution in [0.4, 0.5) is 8.78 Å². The van der Waals surface area contributed by atoms with Crippen LogP contribution in [0.1, 0.15) is 37.4 Å². The number of hydrogen-bond donors (Lipinski definition) is 0. The molecule has 1 atom stereocenters. The third-order valence-electron chi connectivity index (χ3n) is 3.39. The number of aromatic nitrogens is 2. The fraction of sp³-hybridized carbons (Fsp3) is 0.533. The summed E-state index contributed by atoms with van der Waals surface area (Å²) in [4.78, 5) is 4.25. The van der Waals surface area contributed by atoms with Crippen LogP contribution in [0.2, 0.25) is 0 Å². The molecule has 0 fully saturated rings. The Balaban J connectivity index is 2.28. The number of unbranched alkanes of at least 4 members (excludes halogenated alkanes) is 2. The number of hydrogen-bond acceptors (Lipinski definition) is 2. The van der Waals surface area contributed by atoms with Gasteiger partial charge in [0.25, 0.3) is 0 Å². The molecule has 2 rings (SSSR count). The number of nitrogens with zero attached hydrogens (tertiary/aromatic N) is 2. The summed E-state index contributed by atoms with van der Waals surface area (Å²) in [5.41, 5.74) is 0.683. The number of rotatable bonds is 7. The molecule has 0 aliphatic carbocycles. The summed E-state index contributed by atoms with van der Waals surface area (Å²) in [7, 11) is 0. The Morgan fingerprint density at radius 1 is 1.29 bits per heavy atom. The molecule has 0 N–H and O–H groups in total. The number of benzene rings is 1. The van der Waals surface area contributed by atoms with E-state index in [0.29, 0.717) is 17.9 Å². The number of halogens is 3. The van der Waals surface area contributed by atoms with Crippen molar-refractivity contribution in [3.8, 4) is 0 Å². The molecule has 0 saturated heterocycles. The van der Waals surface area contributed by atoms with Crippen molar-refractivity contribution in [3.63, 3.8) is 0 Å². The molecule has 1 aromatic carbocycles. The minimum Gasteiger partial charge on any atom is -0.327 e. The second-order valence-electron chi connectivity index (χ2n) is 5.05. The smallest absolute Gasteiger partial charge is 0.153 e. The fourth-order valence-corrected chi connectivity index (χ4v) is 3.06. The van der Waals surface area contributed by atoms with Crippen molar-refractivity contribution in [1.82, 2.24) is 9.55 Å². The van der Waals surface area contributed by atoms with Crippen LogP contribution in [0.3, 0.4) is 0 Å². The lowest BCUT2D eigenvalue weighted by atomic mass is 10.2. The van der Waals surface area contributed by atoms with Crippen molar-refractivity contribution < 1.29 is 8.78 Å². The summed E-state index contributed by atoms with van der Waals surface area (Å²) in [5.74, 6) is 0.509. The zero-order chi connectivity index (χ0) is 15.4. The highest BCUT2D eigenvalue weighted by Crippen LogP contribution is 2.27. The highest BCUT2D eigenvalue weighted by atomic mass is 35.5. The summed E-state index contributed by atoms with van der Waals surface area (Å²) < 4.78 is 29.1. The van der Waals surface area contributed by atoms with Crippen LogP contribution in [-0.4, -0.2) is 21.6 Å². The first-order valence-corrected chi connectivity index (χ1v) is 8.85. The highest BCUT2D eigenvalue weighted by molar-refractivity contribution is 7.98. The van der Waals surface area contributed by atoms with Crippen molar-refractivity contribution >= 4 is 34.4 Å². The maximum absolute atomic E-state index is 13.8. The van der Waals surface area contributed by atoms with Crippen LogP contribution in [0.25, 0.3) is 11.0 Å². The van der Waals surface area contributed by atoms with Crippen LogP contribution >= 0.6 is 23.4 Å². The maximum Gasteiger partial charge on any atom is 0.153 e. The molecular weight excluding hydrogens is 314 g/mol. The van der Waals surface area contributed by atoms with Crippen molar-refractivity contribution in [3.05, 3.63) is 29.6 Å². The molecule has 21 heavy (non-hydrogen) atoms. The fourth-order valence-electron chi connectivity index (χ4n) is 2.40. The molecule has 0 bridgehead atoms. The van der Waals surface area contributed by atoms with Gasteiger partial charge >= 0.3 is 0 Å². The van der Waals surface area contributed by atoms with Gasteiger partial charge in [0.15, 0.2) is 5.82 Å². The van der Waals surface area contributed by atoms with Gasteiger partial charge in [-0.25, -0.2) is 13.8 Å². The first kappa shape index (κ1) is 16.6. The van der Waals surface area contributed by atoms with E-state index in [-0.39, 0.29) is 10.9 Å². The molecule has 1 aromatic heterocycles. The lowest BCUT2D eigenvalue weighted by molar-refractivity contribution is 0.583. The van der Waals surface area contributed by atoms with Gasteiger partial charge in [-0.2, -0.15) is 11.8 Å². The molecular formula is C15H19ClF2N2S. The van der Waals surface area contributed by atoms with Crippen LogP contribution in [-0.2, 0) is 6.54 Å². The number of thioether (sulfide) groups is 1. The van der Waals surface area contributed by atoms with Gasteiger partial charge in [0.1, 0.15) is 17.2 Å². The average molecular weight is 333 g/mol. The molecule has 0 spiro atoms. The second-order valence-corrected chi connectivity index (χ2v) is 6.69. The van der Waals surface area contributed by atoms with E-state index in [1.54, 1.807) is 6.92 Å². The monoisotopic (exact) mass is 332 g/mol. The van der Waals surface area contributed by atoms with E-state index in [4.69, 9.17) is 11.6 Å². The van der Waals surface area contributed by atoms with Gasteiger partial charge in [0, 0.05) is 12.6 Å². The minimum atomic E-state index is -0.635. The molecule has 0 saturated carbocycles. The van der Waals surface area contributed by atoms with Crippen molar-refractivity contribution in [2.75, 3.05) is 12.0 Å². The molecule has 1 unspecified atom stereocenters. The molecule has 0 aliphatic rings. The first-order valence-electron chi connectivity index (χ1n) is 7.02. The Labute approximate surface area is 132 Å². The van der Waals surface area contributed by atoms with Crippen molar-refractivity contribution in [1.29, 1.82) is 0 Å². The third-order valence-corrected chi connectivity index (χ3v) is 4.28. The van der Waals surface area contributed by atoms with Gasteiger partial charge < -0.3 is 4.57 Å². The van der Waals surface area contributed by atoms with E-state index in [9.17, 15) is 8.78 Å². The van der Waals surface area contributed by atoms with Crippen LogP contribution in [0.15, 0.2) is 12.1 Å². The lowest BCUT2D eigenvalue weighted by Gasteiger charge is -2.10. The summed E-state index contributed by atoms with van der Waals surface area (Å²) >= 11 is 7.96. The zero-order valence-electron chi connectivity index (χ0n) is 12.2. The van der Waals surface area contributed by atoms with Gasteiger partial charge in [-0.3, -0.25) is 0 Å². The maximum atomic E-state index is 13.8. The molecule has 0 amide bonds. The standard InChI is InChI=1S/C15H19ClF2N2S/c1-10(16)15-19-14-12(18)8-11(17)9-13(14)20(15)6-4-3-5-7-21-2/h8-10H,3-7H2,1-2H3. The van der Waals surface area contributed by atoms with Gasteiger partial charge in [-0.15, -0.1) is 11.6 Å². The third kappa shape index (κ3) is 3.89. The van der Waals surface area contributed by atoms with E-state index in [1.165, 1.54) is 6.07 Å². The Morgan fingerprint density at radius 2 is 2.05 bits per heavy atom. The Morgan fingerprint density at radius 3 is 2.71 bits per heavy atom. The summed E-state index contributed by atoms with van der Waals surface area (Å²) in [6.45, 7) is 2.47. The highest BCUT2D eigenvalue weighted by Gasteiger charge is 2.18. The van der Waals surface area contributed by atoms with Gasteiger partial charge in [0.2, 0.25) is 0 Å². The SMILES string of the molecule is CSCCCCCn1c(C(C)Cl)nc2c(F)cc(F)cc21. The van der Waals surface area contributed by atoms with Gasteiger partial charge in [0.05, 0.1) is 10.9 Å². The van der Waals surface area contributed by atoms with Crippen molar-refractivity contribution in [2.45, 2.75) is 38.1 Å².